The molecule has 0 aromatic rings. The van der Waals surface area contributed by atoms with Crippen LogP contribution in [0.15, 0.2) is 122 Å². The molecule has 0 aliphatic heterocycles. The van der Waals surface area contributed by atoms with Crippen LogP contribution in [0, 0.1) is 0 Å². The number of esters is 3. The van der Waals surface area contributed by atoms with Gasteiger partial charge in [-0.15, -0.1) is 0 Å². The lowest BCUT2D eigenvalue weighted by Gasteiger charge is -2.18. The highest BCUT2D eigenvalue weighted by Crippen LogP contribution is 2.17. The van der Waals surface area contributed by atoms with Crippen molar-refractivity contribution in [1.29, 1.82) is 0 Å². The molecule has 0 heterocycles. The average Bonchev–Trinajstić information content (AvgIpc) is 3.49. The third kappa shape index (κ3) is 68.5. The zero-order valence-electron chi connectivity index (χ0n) is 54.4. The lowest BCUT2D eigenvalue weighted by molar-refractivity contribution is -0.167. The Morgan fingerprint density at radius 1 is 0.253 bits per heavy atom. The summed E-state index contributed by atoms with van der Waals surface area (Å²) in [6.07, 6.45) is 98.0. The Morgan fingerprint density at radius 3 is 0.759 bits per heavy atom. The van der Waals surface area contributed by atoms with E-state index < -0.39 is 6.10 Å². The summed E-state index contributed by atoms with van der Waals surface area (Å²) in [7, 11) is 0. The molecule has 1 atom stereocenters. The fourth-order valence-corrected chi connectivity index (χ4v) is 9.79. The zero-order chi connectivity index (χ0) is 59.9. The third-order valence-electron chi connectivity index (χ3n) is 15.0. The molecule has 0 aliphatic carbocycles. The van der Waals surface area contributed by atoms with Crippen LogP contribution in [0.5, 0.6) is 0 Å². The van der Waals surface area contributed by atoms with Crippen molar-refractivity contribution >= 4 is 17.9 Å². The summed E-state index contributed by atoms with van der Waals surface area (Å²) in [5.41, 5.74) is 0. The van der Waals surface area contributed by atoms with Crippen molar-refractivity contribution in [3.05, 3.63) is 122 Å². The van der Waals surface area contributed by atoms with Crippen molar-refractivity contribution in [3.8, 4) is 0 Å². The standard InChI is InChI=1S/C77H130O6/c1-4-7-10-13-16-19-22-25-27-29-31-33-34-35-36-37-38-39-40-41-42-44-45-47-49-52-55-58-61-64-67-70-76(79)82-73-74(72-81-75(78)69-66-63-60-57-54-51-24-21-18-15-12-9-6-3)83-77(80)71-68-65-62-59-56-53-50-48-46-43-32-30-28-26-23-20-17-14-11-8-5-2/h7-8,10-11,16-17,19-20,25-28,31-33,43,48,50,56,59,74H,4-6,9,12-15,18,21-24,29-30,34-42,44-47,49,51-55,57-58,60-73H2,1-3H3/b10-7-,11-8-,19-16-,20-17-,27-25-,28-26-,33-31-,43-32-,50-48-,59-56-. The minimum Gasteiger partial charge on any atom is -0.462 e. The molecule has 1 unspecified atom stereocenters. The maximum atomic E-state index is 12.9. The molecule has 0 radical (unpaired) electrons. The van der Waals surface area contributed by atoms with Crippen molar-refractivity contribution in [2.45, 2.75) is 335 Å². The molecule has 0 saturated heterocycles. The first-order chi connectivity index (χ1) is 41.0. The van der Waals surface area contributed by atoms with Gasteiger partial charge in [0.25, 0.3) is 0 Å². The van der Waals surface area contributed by atoms with E-state index in [4.69, 9.17) is 14.2 Å². The van der Waals surface area contributed by atoms with Gasteiger partial charge in [-0.05, 0) is 109 Å². The van der Waals surface area contributed by atoms with E-state index in [1.807, 2.05) is 0 Å². The number of ether oxygens (including phenoxy) is 3. The molecule has 0 N–H and O–H groups in total. The summed E-state index contributed by atoms with van der Waals surface area (Å²) < 4.78 is 16.9. The van der Waals surface area contributed by atoms with Gasteiger partial charge < -0.3 is 14.2 Å². The largest absolute Gasteiger partial charge is 0.462 e. The molecular formula is C77H130O6. The summed E-state index contributed by atoms with van der Waals surface area (Å²) in [6, 6.07) is 0. The third-order valence-corrected chi connectivity index (χ3v) is 15.0. The molecule has 0 saturated carbocycles. The maximum Gasteiger partial charge on any atom is 0.306 e. The smallest absolute Gasteiger partial charge is 0.306 e. The Labute approximate surface area is 513 Å². The topological polar surface area (TPSA) is 78.9 Å². The highest BCUT2D eigenvalue weighted by Gasteiger charge is 2.19. The summed E-state index contributed by atoms with van der Waals surface area (Å²) in [6.45, 7) is 6.41. The summed E-state index contributed by atoms with van der Waals surface area (Å²) >= 11 is 0. The van der Waals surface area contributed by atoms with Crippen LogP contribution in [0.25, 0.3) is 0 Å². The van der Waals surface area contributed by atoms with Crippen LogP contribution in [0.2, 0.25) is 0 Å². The number of carbonyl (C=O) groups is 3. The predicted octanol–water partition coefficient (Wildman–Crippen LogP) is 24.3. The Kier molecular flexibility index (Phi) is 66.7. The van der Waals surface area contributed by atoms with Crippen LogP contribution in [-0.2, 0) is 28.6 Å². The molecule has 0 aromatic heterocycles. The lowest BCUT2D eigenvalue weighted by atomic mass is 10.0. The molecule has 83 heavy (non-hydrogen) atoms. The molecule has 474 valence electrons. The first-order valence-corrected chi connectivity index (χ1v) is 35.0. The van der Waals surface area contributed by atoms with E-state index in [-0.39, 0.29) is 37.5 Å². The maximum absolute atomic E-state index is 12.9. The lowest BCUT2D eigenvalue weighted by Crippen LogP contribution is -2.30. The van der Waals surface area contributed by atoms with Gasteiger partial charge >= 0.3 is 17.9 Å². The summed E-state index contributed by atoms with van der Waals surface area (Å²) in [5.74, 6) is -0.924. The minimum absolute atomic E-state index is 0.0931. The average molecular weight is 1150 g/mol. The second-order valence-corrected chi connectivity index (χ2v) is 23.0. The minimum atomic E-state index is -0.802. The quantitative estimate of drug-likeness (QED) is 0.0261. The van der Waals surface area contributed by atoms with Gasteiger partial charge in [-0.2, -0.15) is 0 Å². The van der Waals surface area contributed by atoms with E-state index in [0.29, 0.717) is 19.3 Å². The van der Waals surface area contributed by atoms with Crippen molar-refractivity contribution in [1.82, 2.24) is 0 Å². The summed E-state index contributed by atoms with van der Waals surface area (Å²) in [4.78, 5) is 38.4. The highest BCUT2D eigenvalue weighted by atomic mass is 16.6. The number of hydrogen-bond donors (Lipinski definition) is 0. The summed E-state index contributed by atoms with van der Waals surface area (Å²) in [5, 5.41) is 0. The number of allylic oxidation sites excluding steroid dienone is 20. The molecule has 0 bridgehead atoms. The van der Waals surface area contributed by atoms with E-state index in [9.17, 15) is 14.4 Å². The van der Waals surface area contributed by atoms with Crippen LogP contribution in [0.4, 0.5) is 0 Å². The SMILES string of the molecule is CC/C=C\C/C=C\C/C=C\C/C=C\C/C=C\C/C=C\CCCCC(=O)OC(COC(=O)CCCCCCCCCCCCCCC)COC(=O)CCCCCCCCCCCCCCCCCCCC/C=C\C/C=C\C/C=C\C/C=C\CC. The number of carbonyl (C=O) groups excluding carboxylic acids is 3. The van der Waals surface area contributed by atoms with Crippen LogP contribution in [0.1, 0.15) is 329 Å². The zero-order valence-corrected chi connectivity index (χ0v) is 54.4. The monoisotopic (exact) mass is 1150 g/mol. The van der Waals surface area contributed by atoms with E-state index in [1.165, 1.54) is 167 Å². The van der Waals surface area contributed by atoms with E-state index in [1.54, 1.807) is 0 Å². The molecule has 0 spiro atoms. The second-order valence-electron chi connectivity index (χ2n) is 23.0. The molecule has 0 rings (SSSR count). The van der Waals surface area contributed by atoms with Crippen LogP contribution in [-0.4, -0.2) is 37.2 Å². The molecule has 6 heteroatoms. The molecule has 0 aromatic carbocycles. The van der Waals surface area contributed by atoms with Crippen molar-refractivity contribution < 1.29 is 28.6 Å². The fraction of sp³-hybridized carbons (Fsp3) is 0.701. The first-order valence-electron chi connectivity index (χ1n) is 35.0. The van der Waals surface area contributed by atoms with Crippen LogP contribution >= 0.6 is 0 Å². The van der Waals surface area contributed by atoms with Gasteiger partial charge in [-0.1, -0.05) is 322 Å². The number of rotatable bonds is 63. The second kappa shape index (κ2) is 70.3. The van der Waals surface area contributed by atoms with Crippen molar-refractivity contribution in [2.24, 2.45) is 0 Å². The Morgan fingerprint density at radius 2 is 0.470 bits per heavy atom. The first kappa shape index (κ1) is 78.8. The van der Waals surface area contributed by atoms with Crippen LogP contribution < -0.4 is 0 Å². The number of unbranched alkanes of at least 4 members (excludes halogenated alkanes) is 32. The highest BCUT2D eigenvalue weighted by molar-refractivity contribution is 5.71. The van der Waals surface area contributed by atoms with Gasteiger partial charge in [-0.25, -0.2) is 0 Å². The Balaban J connectivity index is 4.28. The molecular weight excluding hydrogens is 1020 g/mol. The molecule has 0 fully saturated rings. The predicted molar refractivity (Wildman–Crippen MR) is 362 cm³/mol. The van der Waals surface area contributed by atoms with Gasteiger partial charge in [0.1, 0.15) is 13.2 Å². The van der Waals surface area contributed by atoms with E-state index in [0.717, 1.165) is 116 Å². The Hall–Kier alpha value is -4.19. The van der Waals surface area contributed by atoms with Crippen molar-refractivity contribution in [2.75, 3.05) is 13.2 Å². The fourth-order valence-electron chi connectivity index (χ4n) is 9.79. The molecule has 0 aliphatic rings. The van der Waals surface area contributed by atoms with E-state index in [2.05, 4.69) is 142 Å². The van der Waals surface area contributed by atoms with Gasteiger partial charge in [0, 0.05) is 19.3 Å². The van der Waals surface area contributed by atoms with Gasteiger partial charge in [0.05, 0.1) is 0 Å². The van der Waals surface area contributed by atoms with Gasteiger partial charge in [0.2, 0.25) is 0 Å². The van der Waals surface area contributed by atoms with Gasteiger partial charge in [-0.3, -0.25) is 14.4 Å². The molecule has 0 amide bonds. The van der Waals surface area contributed by atoms with Gasteiger partial charge in [0.15, 0.2) is 6.10 Å². The van der Waals surface area contributed by atoms with Crippen LogP contribution in [0.3, 0.4) is 0 Å². The number of hydrogen-bond acceptors (Lipinski definition) is 6. The van der Waals surface area contributed by atoms with Crippen molar-refractivity contribution in [3.63, 3.8) is 0 Å². The normalized spacial score (nSPS) is 12.9. The Bertz CT molecular complexity index is 1700. The van der Waals surface area contributed by atoms with E-state index >= 15 is 0 Å². The molecule has 6 nitrogen and oxygen atoms in total.